The van der Waals surface area contributed by atoms with Gasteiger partial charge in [0, 0.05) is 18.9 Å². The van der Waals surface area contributed by atoms with Crippen molar-refractivity contribution in [3.63, 3.8) is 0 Å². The molecule has 1 N–H and O–H groups in total. The average molecular weight is 375 g/mol. The molecule has 5 aliphatic rings. The summed E-state index contributed by atoms with van der Waals surface area (Å²) in [5, 5.41) is 9.54. The fourth-order valence-electron chi connectivity index (χ4n) is 8.19. The molecule has 0 radical (unpaired) electrons. The SMILES string of the molecule is CC(=O)O[C@H]1CC[C@@]23CO[C@]4(CC[C@H]2C1)C1=CC[C@H](CCO)[C@@]1(C)CC[C@H]34. The summed E-state index contributed by atoms with van der Waals surface area (Å²) in [6.45, 7) is 5.16. The van der Waals surface area contributed by atoms with Crippen LogP contribution in [0, 0.1) is 28.6 Å². The molecule has 150 valence electrons. The molecule has 3 saturated carbocycles. The first-order valence-corrected chi connectivity index (χ1v) is 11.1. The van der Waals surface area contributed by atoms with Crippen molar-refractivity contribution in [1.29, 1.82) is 0 Å². The zero-order valence-electron chi connectivity index (χ0n) is 16.8. The summed E-state index contributed by atoms with van der Waals surface area (Å²) in [6.07, 6.45) is 12.6. The van der Waals surface area contributed by atoms with Crippen LogP contribution in [0.1, 0.15) is 71.6 Å². The van der Waals surface area contributed by atoms with Gasteiger partial charge >= 0.3 is 5.97 Å². The predicted octanol–water partition coefficient (Wildman–Crippen LogP) is 4.01. The first-order chi connectivity index (χ1) is 12.9. The van der Waals surface area contributed by atoms with E-state index in [2.05, 4.69) is 13.0 Å². The summed E-state index contributed by atoms with van der Waals surface area (Å²) >= 11 is 0. The van der Waals surface area contributed by atoms with Crippen LogP contribution >= 0.6 is 0 Å². The van der Waals surface area contributed by atoms with Crippen LogP contribution in [-0.2, 0) is 14.3 Å². The second-order valence-corrected chi connectivity index (χ2v) is 10.2. The first kappa shape index (κ1) is 18.2. The summed E-state index contributed by atoms with van der Waals surface area (Å²) in [7, 11) is 0. The van der Waals surface area contributed by atoms with Gasteiger partial charge in [-0.1, -0.05) is 13.0 Å². The Balaban J connectivity index is 1.43. The van der Waals surface area contributed by atoms with E-state index in [-0.39, 0.29) is 23.1 Å². The molecule has 0 amide bonds. The summed E-state index contributed by atoms with van der Waals surface area (Å²) in [5.74, 6) is 1.71. The molecule has 0 aromatic heterocycles. The van der Waals surface area contributed by atoms with Crippen molar-refractivity contribution < 1.29 is 19.4 Å². The fourth-order valence-corrected chi connectivity index (χ4v) is 8.19. The molecular formula is C23H34O4. The number of rotatable bonds is 3. The molecule has 0 aromatic rings. The van der Waals surface area contributed by atoms with Gasteiger partial charge in [0.25, 0.3) is 0 Å². The van der Waals surface area contributed by atoms with Crippen LogP contribution in [0.5, 0.6) is 0 Å². The number of carbonyl (C=O) groups is 1. The number of aliphatic hydroxyl groups excluding tert-OH is 1. The minimum Gasteiger partial charge on any atom is -0.463 e. The molecule has 1 saturated heterocycles. The molecule has 1 heterocycles. The molecule has 2 bridgehead atoms. The Hall–Kier alpha value is -0.870. The Kier molecular flexibility index (Phi) is 4.08. The predicted molar refractivity (Wildman–Crippen MR) is 102 cm³/mol. The van der Waals surface area contributed by atoms with Gasteiger partial charge in [-0.2, -0.15) is 0 Å². The molecule has 7 atom stereocenters. The number of aliphatic hydroxyl groups is 1. The lowest BCUT2D eigenvalue weighted by atomic mass is 9.45. The smallest absolute Gasteiger partial charge is 0.302 e. The van der Waals surface area contributed by atoms with Gasteiger partial charge in [0.1, 0.15) is 6.10 Å². The van der Waals surface area contributed by atoms with E-state index in [4.69, 9.17) is 9.47 Å². The molecule has 1 spiro atoms. The molecule has 0 unspecified atom stereocenters. The quantitative estimate of drug-likeness (QED) is 0.599. The molecule has 1 aliphatic heterocycles. The second kappa shape index (κ2) is 6.06. The van der Waals surface area contributed by atoms with E-state index in [0.29, 0.717) is 29.8 Å². The number of ether oxygens (including phenoxy) is 2. The van der Waals surface area contributed by atoms with Gasteiger partial charge in [-0.05, 0) is 86.5 Å². The van der Waals surface area contributed by atoms with Crippen LogP contribution in [0.4, 0.5) is 0 Å². The van der Waals surface area contributed by atoms with E-state index in [1.54, 1.807) is 5.57 Å². The number of hydrogen-bond acceptors (Lipinski definition) is 4. The first-order valence-electron chi connectivity index (χ1n) is 11.1. The maximum Gasteiger partial charge on any atom is 0.302 e. The number of carbonyl (C=O) groups excluding carboxylic acids is 1. The Morgan fingerprint density at radius 3 is 2.93 bits per heavy atom. The maximum absolute atomic E-state index is 11.4. The van der Waals surface area contributed by atoms with Gasteiger partial charge in [0.2, 0.25) is 0 Å². The van der Waals surface area contributed by atoms with Crippen molar-refractivity contribution in [2.75, 3.05) is 13.2 Å². The van der Waals surface area contributed by atoms with Crippen LogP contribution in [0.3, 0.4) is 0 Å². The number of allylic oxidation sites excluding steroid dienone is 1. The Morgan fingerprint density at radius 1 is 1.30 bits per heavy atom. The van der Waals surface area contributed by atoms with Gasteiger partial charge in [-0.25, -0.2) is 0 Å². The highest BCUT2D eigenvalue weighted by Crippen LogP contribution is 2.72. The van der Waals surface area contributed by atoms with Gasteiger partial charge in [-0.15, -0.1) is 0 Å². The molecular weight excluding hydrogens is 340 g/mol. The van der Waals surface area contributed by atoms with Gasteiger partial charge in [0.05, 0.1) is 12.2 Å². The number of hydrogen-bond donors (Lipinski definition) is 1. The normalized spacial score (nSPS) is 50.4. The lowest BCUT2D eigenvalue weighted by Crippen LogP contribution is -2.57. The number of fused-ring (bicyclic) bond motifs is 1. The third-order valence-corrected chi connectivity index (χ3v) is 9.35. The van der Waals surface area contributed by atoms with Crippen molar-refractivity contribution >= 4 is 5.97 Å². The third kappa shape index (κ3) is 2.32. The summed E-state index contributed by atoms with van der Waals surface area (Å²) in [5.41, 5.74) is 2.06. The Bertz CT molecular complexity index is 671. The van der Waals surface area contributed by atoms with Gasteiger partial charge in [0.15, 0.2) is 0 Å². The van der Waals surface area contributed by atoms with E-state index in [9.17, 15) is 9.90 Å². The van der Waals surface area contributed by atoms with Crippen LogP contribution in [0.25, 0.3) is 0 Å². The zero-order valence-corrected chi connectivity index (χ0v) is 16.8. The molecule has 0 aromatic carbocycles. The lowest BCUT2D eigenvalue weighted by Gasteiger charge is -2.59. The monoisotopic (exact) mass is 374 g/mol. The van der Waals surface area contributed by atoms with Crippen LogP contribution in [-0.4, -0.2) is 36.0 Å². The van der Waals surface area contributed by atoms with E-state index in [1.807, 2.05) is 0 Å². The summed E-state index contributed by atoms with van der Waals surface area (Å²) in [6, 6.07) is 0. The molecule has 4 fully saturated rings. The van der Waals surface area contributed by atoms with E-state index >= 15 is 0 Å². The van der Waals surface area contributed by atoms with Crippen molar-refractivity contribution in [2.24, 2.45) is 28.6 Å². The van der Waals surface area contributed by atoms with Crippen LogP contribution in [0.15, 0.2) is 11.6 Å². The number of esters is 1. The zero-order chi connectivity index (χ0) is 18.9. The maximum atomic E-state index is 11.4. The fraction of sp³-hybridized carbons (Fsp3) is 0.870. The van der Waals surface area contributed by atoms with Crippen LogP contribution in [0.2, 0.25) is 0 Å². The largest absolute Gasteiger partial charge is 0.463 e. The topological polar surface area (TPSA) is 55.8 Å². The highest BCUT2D eigenvalue weighted by Gasteiger charge is 2.70. The molecule has 4 nitrogen and oxygen atoms in total. The highest BCUT2D eigenvalue weighted by molar-refractivity contribution is 5.66. The molecule has 27 heavy (non-hydrogen) atoms. The summed E-state index contributed by atoms with van der Waals surface area (Å²) in [4.78, 5) is 11.4. The second-order valence-electron chi connectivity index (χ2n) is 10.2. The third-order valence-electron chi connectivity index (χ3n) is 9.35. The van der Waals surface area contributed by atoms with Crippen molar-refractivity contribution in [2.45, 2.75) is 83.3 Å². The van der Waals surface area contributed by atoms with Crippen molar-refractivity contribution in [3.05, 3.63) is 11.6 Å². The van der Waals surface area contributed by atoms with Crippen molar-refractivity contribution in [1.82, 2.24) is 0 Å². The molecule has 4 heteroatoms. The van der Waals surface area contributed by atoms with E-state index < -0.39 is 0 Å². The highest BCUT2D eigenvalue weighted by atomic mass is 16.5. The Morgan fingerprint density at radius 2 is 2.15 bits per heavy atom. The van der Waals surface area contributed by atoms with Crippen LogP contribution < -0.4 is 0 Å². The molecule has 5 rings (SSSR count). The standard InChI is InChI=1S/C23H34O4/c1-15(25)27-18-6-10-22-14-26-23(11-5-17(22)13-18)19-4-3-16(8-12-24)21(19,2)9-7-20(22)23/h4,16-18,20,24H,3,5-14H2,1-2H3/t16-,17+,18+,20-,21-,22-,23-/m1/s1. The minimum absolute atomic E-state index is 0.0397. The Labute approximate surface area is 162 Å². The van der Waals surface area contributed by atoms with E-state index in [1.165, 1.54) is 26.2 Å². The van der Waals surface area contributed by atoms with E-state index in [0.717, 1.165) is 45.1 Å². The van der Waals surface area contributed by atoms with Crippen molar-refractivity contribution in [3.8, 4) is 0 Å². The average Bonchev–Trinajstić information content (AvgIpc) is 3.07. The van der Waals surface area contributed by atoms with Gasteiger partial charge in [-0.3, -0.25) is 4.79 Å². The van der Waals surface area contributed by atoms with Gasteiger partial charge < -0.3 is 14.6 Å². The summed E-state index contributed by atoms with van der Waals surface area (Å²) < 4.78 is 12.4. The lowest BCUT2D eigenvalue weighted by molar-refractivity contribution is -0.153. The minimum atomic E-state index is -0.136. The molecule has 4 aliphatic carbocycles.